The van der Waals surface area contributed by atoms with E-state index in [4.69, 9.17) is 5.73 Å². The molecule has 1 fully saturated rings. The number of nitrogens with one attached hydrogen (secondary N) is 1. The van der Waals surface area contributed by atoms with E-state index in [9.17, 15) is 4.79 Å². The third-order valence-electron chi connectivity index (χ3n) is 3.48. The van der Waals surface area contributed by atoms with E-state index < -0.39 is 0 Å². The minimum absolute atomic E-state index is 0.0270. The molecule has 3 heteroatoms. The molecular weight excluding hydrogens is 212 g/mol. The first-order valence-corrected chi connectivity index (χ1v) is 6.17. The highest BCUT2D eigenvalue weighted by Crippen LogP contribution is 2.39. The first kappa shape index (κ1) is 12.1. The van der Waals surface area contributed by atoms with Crippen LogP contribution in [0.25, 0.3) is 0 Å². The summed E-state index contributed by atoms with van der Waals surface area (Å²) in [6, 6.07) is 7.79. The van der Waals surface area contributed by atoms with Crippen molar-refractivity contribution < 1.29 is 4.79 Å². The van der Waals surface area contributed by atoms with Gasteiger partial charge in [-0.3, -0.25) is 4.79 Å². The standard InChI is InChI=1S/C14H20N2O/c1-9-4-3-5-11(6-9)8-16-14(17)13(15)12-7-10(12)2/h3-6,10,12-13H,7-8,15H2,1-2H3,(H,16,17)/t10-,12+,13?/m1/s1. The maximum atomic E-state index is 11.8. The van der Waals surface area contributed by atoms with Crippen LogP contribution in [-0.4, -0.2) is 11.9 Å². The number of hydrogen-bond donors (Lipinski definition) is 2. The van der Waals surface area contributed by atoms with E-state index in [1.54, 1.807) is 0 Å². The van der Waals surface area contributed by atoms with E-state index in [0.717, 1.165) is 12.0 Å². The highest BCUT2D eigenvalue weighted by molar-refractivity contribution is 5.82. The second-order valence-electron chi connectivity index (χ2n) is 5.11. The molecule has 1 aliphatic carbocycles. The minimum Gasteiger partial charge on any atom is -0.351 e. The van der Waals surface area contributed by atoms with Crippen LogP contribution in [0.15, 0.2) is 24.3 Å². The van der Waals surface area contributed by atoms with Crippen molar-refractivity contribution in [3.63, 3.8) is 0 Å². The Morgan fingerprint density at radius 1 is 1.59 bits per heavy atom. The van der Waals surface area contributed by atoms with Crippen molar-refractivity contribution >= 4 is 5.91 Å². The molecule has 1 aromatic rings. The Morgan fingerprint density at radius 3 is 2.88 bits per heavy atom. The van der Waals surface area contributed by atoms with Crippen molar-refractivity contribution in [2.45, 2.75) is 32.9 Å². The second kappa shape index (κ2) is 4.88. The van der Waals surface area contributed by atoms with Crippen molar-refractivity contribution in [3.8, 4) is 0 Å². The maximum absolute atomic E-state index is 11.8. The summed E-state index contributed by atoms with van der Waals surface area (Å²) in [4.78, 5) is 11.8. The quantitative estimate of drug-likeness (QED) is 0.828. The number of aryl methyl sites for hydroxylation is 1. The van der Waals surface area contributed by atoms with Gasteiger partial charge >= 0.3 is 0 Å². The zero-order valence-electron chi connectivity index (χ0n) is 10.4. The van der Waals surface area contributed by atoms with E-state index in [1.807, 2.05) is 25.1 Å². The normalized spacial score (nSPS) is 24.2. The molecule has 0 saturated heterocycles. The van der Waals surface area contributed by atoms with Crippen molar-refractivity contribution in [1.29, 1.82) is 0 Å². The van der Waals surface area contributed by atoms with Crippen molar-refractivity contribution in [3.05, 3.63) is 35.4 Å². The molecule has 1 unspecified atom stereocenters. The number of rotatable bonds is 4. The van der Waals surface area contributed by atoms with E-state index in [2.05, 4.69) is 18.3 Å². The van der Waals surface area contributed by atoms with Gasteiger partial charge in [0.25, 0.3) is 0 Å². The molecular formula is C14H20N2O. The molecule has 0 spiro atoms. The third kappa shape index (κ3) is 3.07. The molecule has 3 atom stereocenters. The Morgan fingerprint density at radius 2 is 2.29 bits per heavy atom. The lowest BCUT2D eigenvalue weighted by atomic mass is 10.1. The smallest absolute Gasteiger partial charge is 0.237 e. The van der Waals surface area contributed by atoms with Crippen LogP contribution in [0.4, 0.5) is 0 Å². The van der Waals surface area contributed by atoms with Gasteiger partial charge in [0, 0.05) is 6.54 Å². The molecule has 2 rings (SSSR count). The van der Waals surface area contributed by atoms with Gasteiger partial charge in [-0.05, 0) is 30.7 Å². The van der Waals surface area contributed by atoms with Gasteiger partial charge in [0.15, 0.2) is 0 Å². The fourth-order valence-corrected chi connectivity index (χ4v) is 2.17. The lowest BCUT2D eigenvalue weighted by Crippen LogP contribution is -2.42. The molecule has 0 aromatic heterocycles. The zero-order chi connectivity index (χ0) is 12.4. The number of amides is 1. The molecule has 3 N–H and O–H groups in total. The summed E-state index contributed by atoms with van der Waals surface area (Å²) >= 11 is 0. The summed E-state index contributed by atoms with van der Waals surface area (Å²) < 4.78 is 0. The number of carbonyl (C=O) groups excluding carboxylic acids is 1. The van der Waals surface area contributed by atoms with E-state index in [1.165, 1.54) is 5.56 Å². The number of hydrogen-bond acceptors (Lipinski definition) is 2. The number of benzene rings is 1. The molecule has 17 heavy (non-hydrogen) atoms. The van der Waals surface area contributed by atoms with Gasteiger partial charge in [0.05, 0.1) is 6.04 Å². The third-order valence-corrected chi connectivity index (χ3v) is 3.48. The van der Waals surface area contributed by atoms with Gasteiger partial charge in [-0.1, -0.05) is 36.8 Å². The van der Waals surface area contributed by atoms with Crippen LogP contribution in [0.3, 0.4) is 0 Å². The Hall–Kier alpha value is -1.35. The van der Waals surface area contributed by atoms with Crippen LogP contribution in [0, 0.1) is 18.8 Å². The monoisotopic (exact) mass is 232 g/mol. The van der Waals surface area contributed by atoms with Crippen LogP contribution < -0.4 is 11.1 Å². The molecule has 0 radical (unpaired) electrons. The number of nitrogens with two attached hydrogens (primary N) is 1. The first-order chi connectivity index (χ1) is 8.08. The van der Waals surface area contributed by atoms with Crippen molar-refractivity contribution in [1.82, 2.24) is 5.32 Å². The van der Waals surface area contributed by atoms with Gasteiger partial charge in [-0.2, -0.15) is 0 Å². The molecule has 0 bridgehead atoms. The highest BCUT2D eigenvalue weighted by atomic mass is 16.2. The SMILES string of the molecule is Cc1cccc(CNC(=O)C(N)[C@H]2C[C@H]2C)c1. The van der Waals surface area contributed by atoms with Crippen LogP contribution in [-0.2, 0) is 11.3 Å². The lowest BCUT2D eigenvalue weighted by molar-refractivity contribution is -0.123. The second-order valence-corrected chi connectivity index (χ2v) is 5.11. The van der Waals surface area contributed by atoms with Gasteiger partial charge in [0.2, 0.25) is 5.91 Å². The average molecular weight is 232 g/mol. The van der Waals surface area contributed by atoms with Crippen LogP contribution in [0.2, 0.25) is 0 Å². The average Bonchev–Trinajstić information content (AvgIpc) is 3.02. The molecule has 0 aliphatic heterocycles. The Kier molecular flexibility index (Phi) is 3.48. The summed E-state index contributed by atoms with van der Waals surface area (Å²) in [5.41, 5.74) is 8.22. The predicted octanol–water partition coefficient (Wildman–Crippen LogP) is 1.59. The fourth-order valence-electron chi connectivity index (χ4n) is 2.17. The first-order valence-electron chi connectivity index (χ1n) is 6.17. The minimum atomic E-state index is -0.338. The summed E-state index contributed by atoms with van der Waals surface area (Å²) in [7, 11) is 0. The molecule has 1 aliphatic rings. The summed E-state index contributed by atoms with van der Waals surface area (Å²) in [6.45, 7) is 4.75. The van der Waals surface area contributed by atoms with Gasteiger partial charge in [-0.25, -0.2) is 0 Å². The highest BCUT2D eigenvalue weighted by Gasteiger charge is 2.40. The van der Waals surface area contributed by atoms with Crippen molar-refractivity contribution in [2.24, 2.45) is 17.6 Å². The maximum Gasteiger partial charge on any atom is 0.237 e. The topological polar surface area (TPSA) is 55.1 Å². The molecule has 0 heterocycles. The Balaban J connectivity index is 1.83. The Labute approximate surface area is 102 Å². The van der Waals surface area contributed by atoms with Crippen LogP contribution >= 0.6 is 0 Å². The molecule has 1 saturated carbocycles. The van der Waals surface area contributed by atoms with Crippen LogP contribution in [0.1, 0.15) is 24.5 Å². The summed E-state index contributed by atoms with van der Waals surface area (Å²) in [5, 5.41) is 2.90. The largest absolute Gasteiger partial charge is 0.351 e. The lowest BCUT2D eigenvalue weighted by Gasteiger charge is -2.12. The fraction of sp³-hybridized carbons (Fsp3) is 0.500. The van der Waals surface area contributed by atoms with Gasteiger partial charge in [-0.15, -0.1) is 0 Å². The van der Waals surface area contributed by atoms with E-state index in [0.29, 0.717) is 18.4 Å². The predicted molar refractivity (Wildman–Crippen MR) is 68.3 cm³/mol. The number of carbonyl (C=O) groups is 1. The van der Waals surface area contributed by atoms with Gasteiger partial charge < -0.3 is 11.1 Å². The van der Waals surface area contributed by atoms with Crippen LogP contribution in [0.5, 0.6) is 0 Å². The molecule has 1 amide bonds. The summed E-state index contributed by atoms with van der Waals surface area (Å²) in [5.74, 6) is 0.961. The molecule has 3 nitrogen and oxygen atoms in total. The molecule has 1 aromatic carbocycles. The van der Waals surface area contributed by atoms with Gasteiger partial charge in [0.1, 0.15) is 0 Å². The summed E-state index contributed by atoms with van der Waals surface area (Å²) in [6.07, 6.45) is 1.08. The van der Waals surface area contributed by atoms with Crippen molar-refractivity contribution in [2.75, 3.05) is 0 Å². The zero-order valence-corrected chi connectivity index (χ0v) is 10.4. The molecule has 92 valence electrons. The van der Waals surface area contributed by atoms with E-state index >= 15 is 0 Å². The van der Waals surface area contributed by atoms with E-state index in [-0.39, 0.29) is 11.9 Å². The Bertz CT molecular complexity index is 416.